The van der Waals surface area contributed by atoms with Gasteiger partial charge >= 0.3 is 16.2 Å². The maximum atomic E-state index is 13.2. The minimum atomic E-state index is -3.80. The molecule has 0 radical (unpaired) electrons. The number of benzene rings is 1. The van der Waals surface area contributed by atoms with E-state index >= 15 is 0 Å². The first-order valence-corrected chi connectivity index (χ1v) is 12.6. The van der Waals surface area contributed by atoms with Crippen LogP contribution in [0.3, 0.4) is 0 Å². The van der Waals surface area contributed by atoms with Gasteiger partial charge in [0, 0.05) is 25.3 Å². The molecule has 3 N–H and O–H groups in total. The number of carbonyl (C=O) groups excluding carboxylic acids is 3. The molecule has 1 aromatic carbocycles. The lowest BCUT2D eigenvalue weighted by atomic mass is 9.66. The number of fused-ring (bicyclic) bond motifs is 4. The van der Waals surface area contributed by atoms with Crippen molar-refractivity contribution in [3.8, 4) is 0 Å². The zero-order valence-corrected chi connectivity index (χ0v) is 19.7. The smallest absolute Gasteiger partial charge is 0.328 e. The van der Waals surface area contributed by atoms with E-state index in [0.717, 1.165) is 5.69 Å². The van der Waals surface area contributed by atoms with Gasteiger partial charge in [-0.3, -0.25) is 24.9 Å². The molecule has 3 atom stereocenters. The number of nitrogens with zero attached hydrogens (tertiary/aromatic N) is 2. The third-order valence-corrected chi connectivity index (χ3v) is 8.40. The van der Waals surface area contributed by atoms with Crippen LogP contribution >= 0.6 is 0 Å². The van der Waals surface area contributed by atoms with Crippen molar-refractivity contribution in [2.24, 2.45) is 5.41 Å². The summed E-state index contributed by atoms with van der Waals surface area (Å²) in [6, 6.07) is 3.61. The van der Waals surface area contributed by atoms with Gasteiger partial charge in [-0.15, -0.1) is 0 Å². The topological polar surface area (TPSA) is 146 Å². The third-order valence-electron chi connectivity index (χ3n) is 6.87. The minimum Gasteiger partial charge on any atom is -0.379 e. The van der Waals surface area contributed by atoms with Crippen LogP contribution < -0.4 is 20.3 Å². The van der Waals surface area contributed by atoms with Crippen molar-refractivity contribution in [1.82, 2.24) is 14.9 Å². The van der Waals surface area contributed by atoms with Crippen LogP contribution in [0.4, 0.5) is 16.2 Å². The molecule has 1 spiro atoms. The monoisotopic (exact) mass is 493 g/mol. The fraction of sp³-hybridized carbons (Fsp3) is 0.571. The Labute approximate surface area is 197 Å². The molecule has 5 rings (SSSR count). The molecule has 4 aliphatic rings. The van der Waals surface area contributed by atoms with Gasteiger partial charge in [0.05, 0.1) is 37.2 Å². The molecule has 1 aromatic rings. The molecule has 0 bridgehead atoms. The molecule has 4 amide bonds. The number of hydrogen-bond acceptors (Lipinski definition) is 8. The van der Waals surface area contributed by atoms with Gasteiger partial charge in [-0.05, 0) is 44.0 Å². The van der Waals surface area contributed by atoms with Crippen LogP contribution in [0, 0.1) is 5.41 Å². The van der Waals surface area contributed by atoms with Crippen LogP contribution in [0.25, 0.3) is 0 Å². The summed E-state index contributed by atoms with van der Waals surface area (Å²) < 4.78 is 40.8. The molecular weight excluding hydrogens is 466 g/mol. The summed E-state index contributed by atoms with van der Waals surface area (Å²) in [6.45, 7) is 5.30. The van der Waals surface area contributed by atoms with E-state index in [2.05, 4.69) is 15.4 Å². The number of nitrogens with one attached hydrogen (secondary N) is 3. The van der Waals surface area contributed by atoms with Crippen molar-refractivity contribution < 1.29 is 32.3 Å². The Balaban J connectivity index is 1.54. The second-order valence-electron chi connectivity index (χ2n) is 9.10. The lowest BCUT2D eigenvalue weighted by Crippen LogP contribution is -2.75. The number of morpholine rings is 2. The summed E-state index contributed by atoms with van der Waals surface area (Å²) in [5.74, 6) is -1.38. The van der Waals surface area contributed by atoms with Crippen LogP contribution in [0.2, 0.25) is 0 Å². The molecule has 4 heterocycles. The summed E-state index contributed by atoms with van der Waals surface area (Å²) in [5, 5.41) is 4.48. The van der Waals surface area contributed by atoms with E-state index in [1.54, 1.807) is 18.2 Å². The van der Waals surface area contributed by atoms with Crippen molar-refractivity contribution in [2.45, 2.75) is 38.5 Å². The number of amides is 4. The predicted octanol–water partition coefficient (Wildman–Crippen LogP) is -0.434. The Morgan fingerprint density at radius 3 is 2.44 bits per heavy atom. The van der Waals surface area contributed by atoms with E-state index in [4.69, 9.17) is 9.47 Å². The van der Waals surface area contributed by atoms with E-state index in [0.29, 0.717) is 31.0 Å². The highest BCUT2D eigenvalue weighted by Gasteiger charge is 2.62. The first-order valence-electron chi connectivity index (χ1n) is 11.2. The van der Waals surface area contributed by atoms with Crippen LogP contribution in [-0.2, 0) is 35.7 Å². The predicted molar refractivity (Wildman–Crippen MR) is 120 cm³/mol. The zero-order chi connectivity index (χ0) is 24.3. The number of rotatable bonds is 3. The molecule has 3 fully saturated rings. The van der Waals surface area contributed by atoms with E-state index in [9.17, 15) is 22.8 Å². The number of barbiturate groups is 1. The maximum Gasteiger partial charge on any atom is 0.328 e. The summed E-state index contributed by atoms with van der Waals surface area (Å²) in [7, 11) is -3.80. The normalized spacial score (nSPS) is 29.2. The molecule has 34 heavy (non-hydrogen) atoms. The van der Waals surface area contributed by atoms with Crippen molar-refractivity contribution in [2.75, 3.05) is 42.5 Å². The Kier molecular flexibility index (Phi) is 5.54. The largest absolute Gasteiger partial charge is 0.379 e. The quantitative estimate of drug-likeness (QED) is 0.481. The standard InChI is InChI=1S/C21H27N5O7S/c1-12-11-26-16-4-3-15(24-34(30,31)25-5-7-32-8-6-25)9-14(16)10-21(17(26)13(2)33-12)18(27)22-20(29)23-19(21)28/h3-4,9,12-13,17,24H,5-8,10-11H2,1-2H3,(H2,22,23,27,28,29)/t12-,13+,17-/m1/s1. The van der Waals surface area contributed by atoms with Gasteiger partial charge in [-0.25, -0.2) is 4.79 Å². The van der Waals surface area contributed by atoms with Crippen molar-refractivity contribution in [3.63, 3.8) is 0 Å². The van der Waals surface area contributed by atoms with E-state index in [1.807, 2.05) is 18.7 Å². The van der Waals surface area contributed by atoms with Gasteiger partial charge in [0.25, 0.3) is 0 Å². The van der Waals surface area contributed by atoms with E-state index < -0.39 is 45.6 Å². The molecule has 0 unspecified atom stereocenters. The first-order chi connectivity index (χ1) is 16.1. The Bertz CT molecular complexity index is 1130. The lowest BCUT2D eigenvalue weighted by molar-refractivity contribution is -0.153. The van der Waals surface area contributed by atoms with Gasteiger partial charge in [-0.1, -0.05) is 0 Å². The Morgan fingerprint density at radius 1 is 1.09 bits per heavy atom. The highest BCUT2D eigenvalue weighted by molar-refractivity contribution is 7.90. The Hall–Kier alpha value is -2.74. The van der Waals surface area contributed by atoms with Gasteiger partial charge in [0.2, 0.25) is 11.8 Å². The number of urea groups is 1. The summed E-state index contributed by atoms with van der Waals surface area (Å²) >= 11 is 0. The summed E-state index contributed by atoms with van der Waals surface area (Å²) in [5.41, 5.74) is 0.132. The number of ether oxygens (including phenoxy) is 2. The van der Waals surface area contributed by atoms with Crippen molar-refractivity contribution >= 4 is 39.4 Å². The number of anilines is 2. The minimum absolute atomic E-state index is 0.0103. The number of carbonyl (C=O) groups is 3. The van der Waals surface area contributed by atoms with Crippen LogP contribution in [0.15, 0.2) is 18.2 Å². The van der Waals surface area contributed by atoms with Crippen LogP contribution in [-0.4, -0.2) is 81.7 Å². The third kappa shape index (κ3) is 3.63. The molecule has 0 aromatic heterocycles. The highest BCUT2D eigenvalue weighted by Crippen LogP contribution is 2.47. The highest BCUT2D eigenvalue weighted by atomic mass is 32.2. The van der Waals surface area contributed by atoms with E-state index in [-0.39, 0.29) is 25.6 Å². The van der Waals surface area contributed by atoms with Gasteiger partial charge in [0.1, 0.15) is 0 Å². The molecule has 3 saturated heterocycles. The molecule has 4 aliphatic heterocycles. The van der Waals surface area contributed by atoms with Gasteiger partial charge in [0.15, 0.2) is 5.41 Å². The first kappa shape index (κ1) is 23.0. The van der Waals surface area contributed by atoms with Crippen LogP contribution in [0.5, 0.6) is 0 Å². The maximum absolute atomic E-state index is 13.2. The van der Waals surface area contributed by atoms with Crippen molar-refractivity contribution in [1.29, 1.82) is 0 Å². The van der Waals surface area contributed by atoms with Crippen LogP contribution in [0.1, 0.15) is 19.4 Å². The molecule has 0 aliphatic carbocycles. The zero-order valence-electron chi connectivity index (χ0n) is 18.9. The molecule has 0 saturated carbocycles. The van der Waals surface area contributed by atoms with E-state index in [1.165, 1.54) is 4.31 Å². The lowest BCUT2D eigenvalue weighted by Gasteiger charge is -2.55. The Morgan fingerprint density at radius 2 is 1.76 bits per heavy atom. The SMILES string of the molecule is C[C@@H]1CN2c3ccc(NS(=O)(=O)N4CCOCC4)cc3CC3(C(=O)NC(=O)NC3=O)[C@H]2[C@H](C)O1. The number of imide groups is 2. The second kappa shape index (κ2) is 8.18. The van der Waals surface area contributed by atoms with Gasteiger partial charge in [-0.2, -0.15) is 12.7 Å². The average molecular weight is 494 g/mol. The second-order valence-corrected chi connectivity index (χ2v) is 10.8. The van der Waals surface area contributed by atoms with Crippen molar-refractivity contribution in [3.05, 3.63) is 23.8 Å². The summed E-state index contributed by atoms with van der Waals surface area (Å²) in [4.78, 5) is 40.2. The average Bonchev–Trinajstić information content (AvgIpc) is 2.77. The molecule has 13 heteroatoms. The van der Waals surface area contributed by atoms with Gasteiger partial charge < -0.3 is 14.4 Å². The molecule has 184 valence electrons. The fourth-order valence-electron chi connectivity index (χ4n) is 5.51. The summed E-state index contributed by atoms with van der Waals surface area (Å²) in [6.07, 6.45) is -0.643. The number of hydrogen-bond donors (Lipinski definition) is 3. The fourth-order valence-corrected chi connectivity index (χ4v) is 6.70. The molecular formula is C21H27N5O7S. The molecule has 12 nitrogen and oxygen atoms in total.